The summed E-state index contributed by atoms with van der Waals surface area (Å²) in [4.78, 5) is 25.6. The van der Waals surface area contributed by atoms with Crippen LogP contribution in [0.3, 0.4) is 0 Å². The van der Waals surface area contributed by atoms with Crippen molar-refractivity contribution in [2.24, 2.45) is 0 Å². The lowest BCUT2D eigenvalue weighted by atomic mass is 10.1. The average Bonchev–Trinajstić information content (AvgIpc) is 2.55. The normalized spacial score (nSPS) is 10.3. The van der Waals surface area contributed by atoms with E-state index >= 15 is 0 Å². The molecule has 0 unspecified atom stereocenters. The van der Waals surface area contributed by atoms with Crippen LogP contribution < -0.4 is 5.32 Å². The number of nitrogens with zero attached hydrogens (tertiary/aromatic N) is 1. The first-order valence-corrected chi connectivity index (χ1v) is 8.08. The lowest BCUT2D eigenvalue weighted by molar-refractivity contribution is -0.135. The summed E-state index contributed by atoms with van der Waals surface area (Å²) in [5.74, 6) is -0.258. The number of aryl methyl sites for hydroxylation is 2. The Kier molecular flexibility index (Phi) is 6.13. The fourth-order valence-electron chi connectivity index (χ4n) is 2.50. The molecule has 0 radical (unpaired) electrons. The van der Waals surface area contributed by atoms with Gasteiger partial charge in [-0.25, -0.2) is 0 Å². The first kappa shape index (κ1) is 17.7. The Balaban J connectivity index is 1.95. The van der Waals surface area contributed by atoms with Crippen molar-refractivity contribution in [1.82, 2.24) is 10.2 Å². The van der Waals surface area contributed by atoms with Gasteiger partial charge < -0.3 is 10.2 Å². The molecule has 2 aromatic carbocycles. The molecule has 0 bridgehead atoms. The number of benzene rings is 2. The molecule has 126 valence electrons. The van der Waals surface area contributed by atoms with Crippen LogP contribution in [0, 0.1) is 13.8 Å². The molecule has 4 nitrogen and oxygen atoms in total. The van der Waals surface area contributed by atoms with Crippen LogP contribution in [0.5, 0.6) is 0 Å². The molecule has 0 aliphatic heterocycles. The molecule has 0 spiro atoms. The van der Waals surface area contributed by atoms with Gasteiger partial charge in [0.2, 0.25) is 11.8 Å². The third-order valence-corrected chi connectivity index (χ3v) is 4.14. The highest BCUT2D eigenvalue weighted by Gasteiger charge is 2.15. The first-order chi connectivity index (χ1) is 11.5. The Labute approximate surface area is 143 Å². The summed E-state index contributed by atoms with van der Waals surface area (Å²) in [6.45, 7) is 6.50. The number of hydrogen-bond acceptors (Lipinski definition) is 2. The van der Waals surface area contributed by atoms with E-state index in [1.54, 1.807) is 4.90 Å². The Morgan fingerprint density at radius 3 is 2.00 bits per heavy atom. The minimum absolute atomic E-state index is 0.0650. The van der Waals surface area contributed by atoms with Crippen LogP contribution in [0.25, 0.3) is 0 Å². The topological polar surface area (TPSA) is 49.4 Å². The van der Waals surface area contributed by atoms with Crippen LogP contribution in [-0.2, 0) is 22.7 Å². The Morgan fingerprint density at radius 2 is 1.46 bits per heavy atom. The van der Waals surface area contributed by atoms with Crippen molar-refractivity contribution in [2.75, 3.05) is 6.54 Å². The summed E-state index contributed by atoms with van der Waals surface area (Å²) in [7, 11) is 0. The summed E-state index contributed by atoms with van der Waals surface area (Å²) in [5.41, 5.74) is 4.39. The lowest BCUT2D eigenvalue weighted by Crippen LogP contribution is -2.39. The van der Waals surface area contributed by atoms with Gasteiger partial charge in [-0.1, -0.05) is 48.5 Å². The van der Waals surface area contributed by atoms with Crippen molar-refractivity contribution in [3.63, 3.8) is 0 Å². The van der Waals surface area contributed by atoms with Crippen molar-refractivity contribution in [1.29, 1.82) is 0 Å². The van der Waals surface area contributed by atoms with Gasteiger partial charge in [0.05, 0.1) is 6.54 Å². The molecule has 2 amide bonds. The number of carbonyl (C=O) groups is 2. The van der Waals surface area contributed by atoms with E-state index in [0.717, 1.165) is 22.3 Å². The molecule has 0 fully saturated rings. The monoisotopic (exact) mass is 324 g/mol. The van der Waals surface area contributed by atoms with E-state index in [-0.39, 0.29) is 18.4 Å². The molecule has 0 saturated heterocycles. The predicted octanol–water partition coefficient (Wildman–Crippen LogP) is 2.97. The SMILES string of the molecule is CC(=O)N(CC(=O)NCc1ccccc1C)Cc1ccccc1C. The molecule has 2 aromatic rings. The number of nitrogens with one attached hydrogen (secondary N) is 1. The third-order valence-electron chi connectivity index (χ3n) is 4.14. The van der Waals surface area contributed by atoms with E-state index in [1.807, 2.05) is 62.4 Å². The van der Waals surface area contributed by atoms with E-state index < -0.39 is 0 Å². The molecule has 0 aliphatic rings. The number of carbonyl (C=O) groups excluding carboxylic acids is 2. The van der Waals surface area contributed by atoms with E-state index in [4.69, 9.17) is 0 Å². The van der Waals surface area contributed by atoms with Crippen molar-refractivity contribution in [3.05, 3.63) is 70.8 Å². The maximum absolute atomic E-state index is 12.2. The van der Waals surface area contributed by atoms with E-state index in [1.165, 1.54) is 6.92 Å². The number of hydrogen-bond donors (Lipinski definition) is 1. The fourth-order valence-corrected chi connectivity index (χ4v) is 2.50. The number of rotatable bonds is 6. The molecule has 2 rings (SSSR count). The first-order valence-electron chi connectivity index (χ1n) is 8.08. The average molecular weight is 324 g/mol. The molecule has 1 N–H and O–H groups in total. The van der Waals surface area contributed by atoms with Crippen LogP contribution in [-0.4, -0.2) is 23.3 Å². The van der Waals surface area contributed by atoms with Crippen LogP contribution in [0.2, 0.25) is 0 Å². The zero-order valence-electron chi connectivity index (χ0n) is 14.5. The van der Waals surface area contributed by atoms with Crippen molar-refractivity contribution < 1.29 is 9.59 Å². The molecule has 0 atom stereocenters. The van der Waals surface area contributed by atoms with Gasteiger partial charge in [-0.05, 0) is 36.1 Å². The zero-order chi connectivity index (χ0) is 17.5. The van der Waals surface area contributed by atoms with Gasteiger partial charge in [-0.15, -0.1) is 0 Å². The molecule has 0 aromatic heterocycles. The van der Waals surface area contributed by atoms with Gasteiger partial charge in [0.25, 0.3) is 0 Å². The second-order valence-electron chi connectivity index (χ2n) is 6.00. The van der Waals surface area contributed by atoms with Gasteiger partial charge in [0, 0.05) is 20.0 Å². The second kappa shape index (κ2) is 8.29. The summed E-state index contributed by atoms with van der Waals surface area (Å²) < 4.78 is 0. The maximum Gasteiger partial charge on any atom is 0.239 e. The van der Waals surface area contributed by atoms with Crippen molar-refractivity contribution in [3.8, 4) is 0 Å². The van der Waals surface area contributed by atoms with Crippen LogP contribution in [0.15, 0.2) is 48.5 Å². The summed E-state index contributed by atoms with van der Waals surface area (Å²) in [5, 5.41) is 2.89. The molecular formula is C20H24N2O2. The Morgan fingerprint density at radius 1 is 0.917 bits per heavy atom. The third kappa shape index (κ3) is 4.95. The van der Waals surface area contributed by atoms with E-state index in [0.29, 0.717) is 13.1 Å². The Bertz CT molecular complexity index is 725. The van der Waals surface area contributed by atoms with Gasteiger partial charge in [-0.3, -0.25) is 9.59 Å². The molecule has 4 heteroatoms. The summed E-state index contributed by atoms with van der Waals surface area (Å²) in [6, 6.07) is 15.8. The second-order valence-corrected chi connectivity index (χ2v) is 6.00. The summed E-state index contributed by atoms with van der Waals surface area (Å²) in [6.07, 6.45) is 0. The van der Waals surface area contributed by atoms with E-state index in [2.05, 4.69) is 5.32 Å². The molecule has 24 heavy (non-hydrogen) atoms. The van der Waals surface area contributed by atoms with Gasteiger partial charge in [0.1, 0.15) is 0 Å². The largest absolute Gasteiger partial charge is 0.350 e. The lowest BCUT2D eigenvalue weighted by Gasteiger charge is -2.21. The number of amides is 2. The summed E-state index contributed by atoms with van der Waals surface area (Å²) >= 11 is 0. The standard InChI is InChI=1S/C20H24N2O2/c1-15-8-4-6-10-18(15)12-21-20(24)14-22(17(3)23)13-19-11-7-5-9-16(19)2/h4-11H,12-14H2,1-3H3,(H,21,24). The van der Waals surface area contributed by atoms with Crippen LogP contribution in [0.4, 0.5) is 0 Å². The minimum atomic E-state index is -0.151. The highest BCUT2D eigenvalue weighted by Crippen LogP contribution is 2.11. The van der Waals surface area contributed by atoms with Gasteiger partial charge >= 0.3 is 0 Å². The molecule has 0 saturated carbocycles. The van der Waals surface area contributed by atoms with E-state index in [9.17, 15) is 9.59 Å². The molecule has 0 heterocycles. The fraction of sp³-hybridized carbons (Fsp3) is 0.300. The predicted molar refractivity (Wildman–Crippen MR) is 95.3 cm³/mol. The van der Waals surface area contributed by atoms with Crippen LogP contribution in [0.1, 0.15) is 29.2 Å². The highest BCUT2D eigenvalue weighted by atomic mass is 16.2. The quantitative estimate of drug-likeness (QED) is 0.888. The minimum Gasteiger partial charge on any atom is -0.350 e. The molecule has 0 aliphatic carbocycles. The van der Waals surface area contributed by atoms with Crippen molar-refractivity contribution >= 4 is 11.8 Å². The van der Waals surface area contributed by atoms with Crippen LogP contribution >= 0.6 is 0 Å². The van der Waals surface area contributed by atoms with Gasteiger partial charge in [0.15, 0.2) is 0 Å². The smallest absolute Gasteiger partial charge is 0.239 e. The van der Waals surface area contributed by atoms with Crippen molar-refractivity contribution in [2.45, 2.75) is 33.9 Å². The van der Waals surface area contributed by atoms with Gasteiger partial charge in [-0.2, -0.15) is 0 Å². The Hall–Kier alpha value is -2.62. The highest BCUT2D eigenvalue weighted by molar-refractivity contribution is 5.83. The zero-order valence-corrected chi connectivity index (χ0v) is 14.5. The maximum atomic E-state index is 12.2. The molecular weight excluding hydrogens is 300 g/mol.